The molecular formula is C8H9NO. The van der Waals surface area contributed by atoms with E-state index in [4.69, 9.17) is 10.8 Å². The molecule has 0 aliphatic heterocycles. The lowest BCUT2D eigenvalue weighted by Crippen LogP contribution is -2.00. The monoisotopic (exact) mass is 135 g/mol. The van der Waals surface area contributed by atoms with Gasteiger partial charge in [-0.3, -0.25) is 0 Å². The van der Waals surface area contributed by atoms with Gasteiger partial charge in [0.25, 0.3) is 0 Å². The molecule has 0 bridgehead atoms. The quantitative estimate of drug-likeness (QED) is 0.488. The Balaban J connectivity index is 2.84. The van der Waals surface area contributed by atoms with E-state index in [1.54, 1.807) is 12.2 Å². The van der Waals surface area contributed by atoms with Gasteiger partial charge in [0.15, 0.2) is 0 Å². The summed E-state index contributed by atoms with van der Waals surface area (Å²) in [5.41, 5.74) is 5.85. The number of aliphatic hydroxyl groups excluding tert-OH is 1. The van der Waals surface area contributed by atoms with Crippen molar-refractivity contribution in [1.29, 1.82) is 0 Å². The number of nitrogens with two attached hydrogens (primary N) is 1. The maximum absolute atomic E-state index is 9.08. The van der Waals surface area contributed by atoms with Gasteiger partial charge < -0.3 is 10.8 Å². The molecule has 2 heteroatoms. The highest BCUT2D eigenvalue weighted by atomic mass is 16.3. The Morgan fingerprint density at radius 2 is 1.90 bits per heavy atom. The lowest BCUT2D eigenvalue weighted by atomic mass is 10.2. The molecule has 0 aromatic carbocycles. The van der Waals surface area contributed by atoms with Gasteiger partial charge in [-0.05, 0) is 12.2 Å². The third-order valence-corrected chi connectivity index (χ3v) is 1.24. The summed E-state index contributed by atoms with van der Waals surface area (Å²) >= 11 is 0. The molecule has 10 heavy (non-hydrogen) atoms. The van der Waals surface area contributed by atoms with Crippen molar-refractivity contribution >= 4 is 0 Å². The van der Waals surface area contributed by atoms with Crippen molar-refractivity contribution in [3.05, 3.63) is 23.6 Å². The van der Waals surface area contributed by atoms with Gasteiger partial charge in [0.1, 0.15) is 5.76 Å². The van der Waals surface area contributed by atoms with Crippen molar-refractivity contribution in [2.45, 2.75) is 12.8 Å². The molecule has 1 rings (SSSR count). The Labute approximate surface area is 60.0 Å². The zero-order valence-electron chi connectivity index (χ0n) is 5.59. The number of rotatable bonds is 0. The van der Waals surface area contributed by atoms with Gasteiger partial charge in [-0.2, -0.15) is 0 Å². The van der Waals surface area contributed by atoms with E-state index in [0.717, 1.165) is 0 Å². The van der Waals surface area contributed by atoms with Gasteiger partial charge in [0.05, 0.1) is 5.70 Å². The summed E-state index contributed by atoms with van der Waals surface area (Å²) in [6.07, 6.45) is 4.53. The molecule has 0 spiro atoms. The van der Waals surface area contributed by atoms with Gasteiger partial charge in [-0.15, -0.1) is 0 Å². The molecule has 0 amide bonds. The minimum atomic E-state index is 0.147. The summed E-state index contributed by atoms with van der Waals surface area (Å²) in [7, 11) is 0. The molecular weight excluding hydrogens is 126 g/mol. The average molecular weight is 135 g/mol. The highest BCUT2D eigenvalue weighted by Gasteiger charge is 1.95. The first-order chi connectivity index (χ1) is 4.80. The van der Waals surface area contributed by atoms with Crippen molar-refractivity contribution in [3.63, 3.8) is 0 Å². The van der Waals surface area contributed by atoms with Crippen LogP contribution in [0.1, 0.15) is 12.8 Å². The normalized spacial score (nSPS) is 17.2. The second-order valence-corrected chi connectivity index (χ2v) is 2.01. The second-order valence-electron chi connectivity index (χ2n) is 2.01. The Hall–Kier alpha value is -1.36. The topological polar surface area (TPSA) is 46.2 Å². The molecule has 0 saturated heterocycles. The van der Waals surface area contributed by atoms with Crippen LogP contribution in [0.3, 0.4) is 0 Å². The van der Waals surface area contributed by atoms with Crippen molar-refractivity contribution in [2.75, 3.05) is 0 Å². The third kappa shape index (κ3) is 1.56. The molecule has 0 atom stereocenters. The fourth-order valence-corrected chi connectivity index (χ4v) is 0.675. The maximum Gasteiger partial charge on any atom is 0.135 e. The molecule has 0 unspecified atom stereocenters. The predicted octanol–water partition coefficient (Wildman–Crippen LogP) is 1.07. The zero-order chi connectivity index (χ0) is 7.40. The number of hydrogen-bond donors (Lipinski definition) is 2. The zero-order valence-corrected chi connectivity index (χ0v) is 5.59. The van der Waals surface area contributed by atoms with Crippen molar-refractivity contribution in [2.24, 2.45) is 5.73 Å². The highest BCUT2D eigenvalue weighted by molar-refractivity contribution is 5.26. The predicted molar refractivity (Wildman–Crippen MR) is 40.0 cm³/mol. The molecule has 0 aromatic rings. The number of hydrogen-bond acceptors (Lipinski definition) is 2. The molecule has 1 aliphatic carbocycles. The van der Waals surface area contributed by atoms with Gasteiger partial charge in [-0.25, -0.2) is 0 Å². The van der Waals surface area contributed by atoms with E-state index in [9.17, 15) is 0 Å². The van der Waals surface area contributed by atoms with Crippen LogP contribution in [-0.4, -0.2) is 5.11 Å². The summed E-state index contributed by atoms with van der Waals surface area (Å²) in [5.74, 6) is 5.88. The van der Waals surface area contributed by atoms with E-state index in [0.29, 0.717) is 18.5 Å². The molecule has 0 heterocycles. The standard InChI is InChI=1S/C8H9NO/c9-7-5-3-1-2-4-6-8(7)10/h5-6,10H,3-4,9H2. The van der Waals surface area contributed by atoms with Crippen LogP contribution >= 0.6 is 0 Å². The van der Waals surface area contributed by atoms with Crippen LogP contribution in [0, 0.1) is 11.8 Å². The minimum absolute atomic E-state index is 0.147. The largest absolute Gasteiger partial charge is 0.506 e. The molecule has 3 N–H and O–H groups in total. The first kappa shape index (κ1) is 6.76. The van der Waals surface area contributed by atoms with Crippen LogP contribution < -0.4 is 5.73 Å². The summed E-state index contributed by atoms with van der Waals surface area (Å²) in [5, 5.41) is 9.08. The summed E-state index contributed by atoms with van der Waals surface area (Å²) < 4.78 is 0. The van der Waals surface area contributed by atoms with E-state index in [-0.39, 0.29) is 5.76 Å². The van der Waals surface area contributed by atoms with Crippen LogP contribution in [0.5, 0.6) is 0 Å². The molecule has 0 fully saturated rings. The van der Waals surface area contributed by atoms with E-state index >= 15 is 0 Å². The van der Waals surface area contributed by atoms with Gasteiger partial charge >= 0.3 is 0 Å². The first-order valence-corrected chi connectivity index (χ1v) is 3.11. The Morgan fingerprint density at radius 3 is 2.60 bits per heavy atom. The average Bonchev–Trinajstić information content (AvgIpc) is 1.92. The molecule has 0 radical (unpaired) electrons. The van der Waals surface area contributed by atoms with Gasteiger partial charge in [0, 0.05) is 12.8 Å². The second kappa shape index (κ2) is 2.98. The van der Waals surface area contributed by atoms with E-state index < -0.39 is 0 Å². The first-order valence-electron chi connectivity index (χ1n) is 3.11. The Morgan fingerprint density at radius 1 is 1.30 bits per heavy atom. The number of allylic oxidation sites excluding steroid dienone is 2. The maximum atomic E-state index is 9.08. The van der Waals surface area contributed by atoms with Gasteiger partial charge in [0.2, 0.25) is 0 Å². The van der Waals surface area contributed by atoms with Crippen molar-refractivity contribution in [1.82, 2.24) is 0 Å². The van der Waals surface area contributed by atoms with Crippen LogP contribution in [-0.2, 0) is 0 Å². The Kier molecular flexibility index (Phi) is 2.01. The molecule has 2 nitrogen and oxygen atoms in total. The Bertz CT molecular complexity index is 216. The molecule has 1 aliphatic rings. The summed E-state index contributed by atoms with van der Waals surface area (Å²) in [6.45, 7) is 0. The van der Waals surface area contributed by atoms with Crippen LogP contribution in [0.15, 0.2) is 23.6 Å². The fourth-order valence-electron chi connectivity index (χ4n) is 0.675. The minimum Gasteiger partial charge on any atom is -0.506 e. The summed E-state index contributed by atoms with van der Waals surface area (Å²) in [6, 6.07) is 0. The SMILES string of the molecule is NC1=CCC#CCC=C1O. The van der Waals surface area contributed by atoms with Crippen molar-refractivity contribution in [3.8, 4) is 11.8 Å². The van der Waals surface area contributed by atoms with Crippen molar-refractivity contribution < 1.29 is 5.11 Å². The highest BCUT2D eigenvalue weighted by Crippen LogP contribution is 2.03. The van der Waals surface area contributed by atoms with Crippen LogP contribution in [0.2, 0.25) is 0 Å². The van der Waals surface area contributed by atoms with Crippen LogP contribution in [0.25, 0.3) is 0 Å². The van der Waals surface area contributed by atoms with Crippen LogP contribution in [0.4, 0.5) is 0 Å². The van der Waals surface area contributed by atoms with E-state index in [1.165, 1.54) is 0 Å². The van der Waals surface area contributed by atoms with E-state index in [1.807, 2.05) is 0 Å². The third-order valence-electron chi connectivity index (χ3n) is 1.24. The van der Waals surface area contributed by atoms with Gasteiger partial charge in [-0.1, -0.05) is 11.8 Å². The smallest absolute Gasteiger partial charge is 0.135 e. The molecule has 0 aromatic heterocycles. The summed E-state index contributed by atoms with van der Waals surface area (Å²) in [4.78, 5) is 0. The lowest BCUT2D eigenvalue weighted by Gasteiger charge is -1.98. The fraction of sp³-hybridized carbons (Fsp3) is 0.250. The molecule has 52 valence electrons. The lowest BCUT2D eigenvalue weighted by molar-refractivity contribution is 0.419. The number of aliphatic hydroxyl groups is 1. The molecule has 0 saturated carbocycles. The van der Waals surface area contributed by atoms with E-state index in [2.05, 4.69) is 11.8 Å².